The lowest BCUT2D eigenvalue weighted by Crippen LogP contribution is -2.30. The molecule has 3 aromatic rings. The van der Waals surface area contributed by atoms with Gasteiger partial charge in [0.15, 0.2) is 0 Å². The molecule has 2 N–H and O–H groups in total. The van der Waals surface area contributed by atoms with Gasteiger partial charge in [0.05, 0.1) is 0 Å². The van der Waals surface area contributed by atoms with Crippen LogP contribution in [0.5, 0.6) is 0 Å². The number of nitrogens with zero attached hydrogens (tertiary/aromatic N) is 1. The van der Waals surface area contributed by atoms with Crippen LogP contribution < -0.4 is 16.4 Å². The SMILES string of the molecule is Cc1cc(=O)[nH]c2cc(C(=O)Nc3cccn(CC(F)(F)F)c3=O)ccc12. The zero-order chi connectivity index (χ0) is 19.8. The number of amides is 1. The van der Waals surface area contributed by atoms with Crippen molar-refractivity contribution in [3.8, 4) is 0 Å². The highest BCUT2D eigenvalue weighted by molar-refractivity contribution is 6.06. The van der Waals surface area contributed by atoms with Gasteiger partial charge >= 0.3 is 6.18 Å². The smallest absolute Gasteiger partial charge is 0.322 e. The van der Waals surface area contributed by atoms with E-state index >= 15 is 0 Å². The Labute approximate surface area is 150 Å². The van der Waals surface area contributed by atoms with Gasteiger partial charge in [-0.25, -0.2) is 0 Å². The van der Waals surface area contributed by atoms with Gasteiger partial charge in [0.2, 0.25) is 5.56 Å². The fourth-order valence-electron chi connectivity index (χ4n) is 2.72. The second-order valence-corrected chi connectivity index (χ2v) is 6.00. The highest BCUT2D eigenvalue weighted by Gasteiger charge is 2.28. The van der Waals surface area contributed by atoms with E-state index in [4.69, 9.17) is 0 Å². The minimum Gasteiger partial charge on any atom is -0.322 e. The first-order valence-corrected chi connectivity index (χ1v) is 7.85. The average Bonchev–Trinajstić information content (AvgIpc) is 2.56. The standard InChI is InChI=1S/C18H14F3N3O3/c1-10-7-15(25)22-14-8-11(4-5-12(10)14)16(26)23-13-3-2-6-24(17(13)27)9-18(19,20)21/h2-8H,9H2,1H3,(H,22,25)(H,23,26). The van der Waals surface area contributed by atoms with Gasteiger partial charge in [0.1, 0.15) is 12.2 Å². The van der Waals surface area contributed by atoms with Crippen LogP contribution in [0.3, 0.4) is 0 Å². The number of carbonyl (C=O) groups is 1. The molecular formula is C18H14F3N3O3. The maximum Gasteiger partial charge on any atom is 0.406 e. The van der Waals surface area contributed by atoms with Crippen molar-refractivity contribution in [2.45, 2.75) is 19.6 Å². The molecule has 0 spiro atoms. The van der Waals surface area contributed by atoms with Crippen molar-refractivity contribution < 1.29 is 18.0 Å². The van der Waals surface area contributed by atoms with Crippen LogP contribution in [-0.2, 0) is 6.54 Å². The number of halogens is 3. The Morgan fingerprint density at radius 3 is 2.63 bits per heavy atom. The van der Waals surface area contributed by atoms with E-state index in [1.54, 1.807) is 13.0 Å². The van der Waals surface area contributed by atoms with E-state index in [-0.39, 0.29) is 16.8 Å². The van der Waals surface area contributed by atoms with E-state index in [0.717, 1.165) is 17.1 Å². The molecule has 0 radical (unpaired) electrons. The van der Waals surface area contributed by atoms with Crippen LogP contribution in [0.25, 0.3) is 10.9 Å². The molecule has 0 aliphatic carbocycles. The number of alkyl halides is 3. The third-order valence-electron chi connectivity index (χ3n) is 3.93. The quantitative estimate of drug-likeness (QED) is 0.736. The molecule has 0 unspecified atom stereocenters. The lowest BCUT2D eigenvalue weighted by molar-refractivity contribution is -0.141. The molecule has 0 atom stereocenters. The number of pyridine rings is 2. The molecule has 9 heteroatoms. The Hall–Kier alpha value is -3.36. The monoisotopic (exact) mass is 377 g/mol. The zero-order valence-electron chi connectivity index (χ0n) is 14.1. The summed E-state index contributed by atoms with van der Waals surface area (Å²) in [4.78, 5) is 38.7. The van der Waals surface area contributed by atoms with Gasteiger partial charge in [0, 0.05) is 28.7 Å². The summed E-state index contributed by atoms with van der Waals surface area (Å²) in [5.41, 5.74) is -0.239. The summed E-state index contributed by atoms with van der Waals surface area (Å²) in [6.07, 6.45) is -3.57. The Bertz CT molecular complexity index is 1150. The Morgan fingerprint density at radius 1 is 1.19 bits per heavy atom. The number of H-pyrrole nitrogens is 1. The molecule has 140 valence electrons. The third-order valence-corrected chi connectivity index (χ3v) is 3.93. The van der Waals surface area contributed by atoms with Crippen molar-refractivity contribution in [2.75, 3.05) is 5.32 Å². The summed E-state index contributed by atoms with van der Waals surface area (Å²) in [5, 5.41) is 3.06. The predicted molar refractivity (Wildman–Crippen MR) is 94.0 cm³/mol. The van der Waals surface area contributed by atoms with Gasteiger partial charge in [-0.1, -0.05) is 6.07 Å². The summed E-state index contributed by atoms with van der Waals surface area (Å²) in [6, 6.07) is 8.47. The second-order valence-electron chi connectivity index (χ2n) is 6.00. The number of nitrogens with one attached hydrogen (secondary N) is 2. The highest BCUT2D eigenvalue weighted by Crippen LogP contribution is 2.18. The van der Waals surface area contributed by atoms with Gasteiger partial charge in [-0.05, 0) is 36.8 Å². The summed E-state index contributed by atoms with van der Waals surface area (Å²) in [7, 11) is 0. The molecule has 6 nitrogen and oxygen atoms in total. The fourth-order valence-corrected chi connectivity index (χ4v) is 2.72. The molecule has 0 saturated heterocycles. The molecule has 0 saturated carbocycles. The molecule has 1 amide bonds. The average molecular weight is 377 g/mol. The van der Waals surface area contributed by atoms with Crippen molar-refractivity contribution in [2.24, 2.45) is 0 Å². The fraction of sp³-hybridized carbons (Fsp3) is 0.167. The van der Waals surface area contributed by atoms with E-state index in [9.17, 15) is 27.6 Å². The highest BCUT2D eigenvalue weighted by atomic mass is 19.4. The summed E-state index contributed by atoms with van der Waals surface area (Å²) >= 11 is 0. The minimum absolute atomic E-state index is 0.148. The number of rotatable bonds is 3. The zero-order valence-corrected chi connectivity index (χ0v) is 14.1. The minimum atomic E-state index is -4.56. The Morgan fingerprint density at radius 2 is 1.93 bits per heavy atom. The number of anilines is 1. The lowest BCUT2D eigenvalue weighted by atomic mass is 10.1. The van der Waals surface area contributed by atoms with Gasteiger partial charge < -0.3 is 14.9 Å². The molecule has 0 aliphatic heterocycles. The number of hydrogen-bond donors (Lipinski definition) is 2. The normalized spacial score (nSPS) is 11.6. The van der Waals surface area contributed by atoms with E-state index in [0.29, 0.717) is 10.1 Å². The van der Waals surface area contributed by atoms with Crippen LogP contribution >= 0.6 is 0 Å². The van der Waals surface area contributed by atoms with Crippen LogP contribution in [-0.4, -0.2) is 21.6 Å². The van der Waals surface area contributed by atoms with Crippen molar-refractivity contribution in [1.29, 1.82) is 0 Å². The van der Waals surface area contributed by atoms with Crippen LogP contribution in [0.15, 0.2) is 52.2 Å². The topological polar surface area (TPSA) is 84.0 Å². The molecule has 0 fully saturated rings. The van der Waals surface area contributed by atoms with Crippen LogP contribution in [0.1, 0.15) is 15.9 Å². The third kappa shape index (κ3) is 4.08. The van der Waals surface area contributed by atoms with Crippen molar-refractivity contribution in [1.82, 2.24) is 9.55 Å². The van der Waals surface area contributed by atoms with Crippen LogP contribution in [0.2, 0.25) is 0 Å². The molecule has 0 aliphatic rings. The summed E-state index contributed by atoms with van der Waals surface area (Å²) < 4.78 is 38.0. The summed E-state index contributed by atoms with van der Waals surface area (Å²) in [5.74, 6) is -0.680. The Balaban J connectivity index is 1.92. The maximum atomic E-state index is 12.5. The first-order chi connectivity index (χ1) is 12.6. The first kappa shape index (κ1) is 18.4. The van der Waals surface area contributed by atoms with Crippen molar-refractivity contribution in [3.63, 3.8) is 0 Å². The molecule has 0 bridgehead atoms. The van der Waals surface area contributed by atoms with Gasteiger partial charge in [-0.15, -0.1) is 0 Å². The van der Waals surface area contributed by atoms with E-state index < -0.39 is 24.2 Å². The number of carbonyl (C=O) groups excluding carboxylic acids is 1. The molecular weight excluding hydrogens is 363 g/mol. The van der Waals surface area contributed by atoms with E-state index in [1.807, 2.05) is 0 Å². The molecule has 27 heavy (non-hydrogen) atoms. The number of aromatic nitrogens is 2. The van der Waals surface area contributed by atoms with E-state index in [1.165, 1.54) is 30.3 Å². The Kier molecular flexibility index (Phi) is 4.61. The number of aromatic amines is 1. The van der Waals surface area contributed by atoms with Gasteiger partial charge in [-0.3, -0.25) is 14.4 Å². The first-order valence-electron chi connectivity index (χ1n) is 7.85. The van der Waals surface area contributed by atoms with Crippen LogP contribution in [0, 0.1) is 6.92 Å². The van der Waals surface area contributed by atoms with Gasteiger partial charge in [0.25, 0.3) is 11.5 Å². The predicted octanol–water partition coefficient (Wildman–Crippen LogP) is 2.81. The van der Waals surface area contributed by atoms with Crippen molar-refractivity contribution in [3.05, 3.63) is 74.4 Å². The summed E-state index contributed by atoms with van der Waals surface area (Å²) in [6.45, 7) is 0.302. The lowest BCUT2D eigenvalue weighted by Gasteiger charge is -2.11. The van der Waals surface area contributed by atoms with Crippen molar-refractivity contribution >= 4 is 22.5 Å². The molecule has 2 heterocycles. The van der Waals surface area contributed by atoms with Gasteiger partial charge in [-0.2, -0.15) is 13.2 Å². The second kappa shape index (κ2) is 6.75. The molecule has 2 aromatic heterocycles. The number of fused-ring (bicyclic) bond motifs is 1. The number of aryl methyl sites for hydroxylation is 1. The van der Waals surface area contributed by atoms with Crippen LogP contribution in [0.4, 0.5) is 18.9 Å². The molecule has 3 rings (SSSR count). The number of hydrogen-bond acceptors (Lipinski definition) is 3. The maximum absolute atomic E-state index is 12.5. The molecule has 1 aromatic carbocycles. The largest absolute Gasteiger partial charge is 0.406 e. The number of benzene rings is 1. The van der Waals surface area contributed by atoms with E-state index in [2.05, 4.69) is 10.3 Å².